The summed E-state index contributed by atoms with van der Waals surface area (Å²) in [6, 6.07) is 7.68. The molecule has 1 aliphatic rings. The minimum atomic E-state index is -0.514. The van der Waals surface area contributed by atoms with Crippen LogP contribution in [0.1, 0.15) is 24.1 Å². The molecule has 3 N–H and O–H groups in total. The summed E-state index contributed by atoms with van der Waals surface area (Å²) in [5.41, 5.74) is 1.40. The standard InChI is InChI=1S/C19H16ClN7O3/c20-12-3-1-2-10(6-12)9-30-19-24-15-11(7-14-16(28)25-18(29)23-14)8-21-27(15)17(26-19)22-13-4-5-13/h1-3,6-8,13,28H,4-5,9H2,(H2,23,25,29). The zero-order valence-corrected chi connectivity index (χ0v) is 16.3. The quantitative estimate of drug-likeness (QED) is 0.430. The van der Waals surface area contributed by atoms with Gasteiger partial charge in [-0.1, -0.05) is 23.7 Å². The third-order valence-corrected chi connectivity index (χ3v) is 4.73. The zero-order chi connectivity index (χ0) is 20.7. The number of ether oxygens (including phenoxy) is 1. The van der Waals surface area contributed by atoms with E-state index < -0.39 is 5.69 Å². The molecule has 0 atom stereocenters. The van der Waals surface area contributed by atoms with Gasteiger partial charge in [-0.05, 0) is 36.6 Å². The van der Waals surface area contributed by atoms with Gasteiger partial charge in [-0.25, -0.2) is 9.79 Å². The van der Waals surface area contributed by atoms with Crippen LogP contribution < -0.4 is 21.3 Å². The van der Waals surface area contributed by atoms with Crippen molar-refractivity contribution in [3.8, 4) is 11.9 Å². The number of halogens is 1. The Hall–Kier alpha value is -3.66. The van der Waals surface area contributed by atoms with E-state index in [0.29, 0.717) is 21.5 Å². The maximum Gasteiger partial charge on any atom is 0.326 e. The highest BCUT2D eigenvalue weighted by molar-refractivity contribution is 6.30. The van der Waals surface area contributed by atoms with Gasteiger partial charge in [0.15, 0.2) is 5.65 Å². The van der Waals surface area contributed by atoms with Crippen molar-refractivity contribution in [2.45, 2.75) is 25.5 Å². The van der Waals surface area contributed by atoms with Crippen LogP contribution in [0.25, 0.3) is 11.7 Å². The van der Waals surface area contributed by atoms with Crippen molar-refractivity contribution in [3.05, 3.63) is 68.1 Å². The highest BCUT2D eigenvalue weighted by Gasteiger charge is 2.21. The summed E-state index contributed by atoms with van der Waals surface area (Å²) in [6.07, 6.45) is 5.12. The number of nitrogens with one attached hydrogen (secondary N) is 2. The van der Waals surface area contributed by atoms with E-state index >= 15 is 0 Å². The molecule has 3 heterocycles. The number of aromatic amines is 2. The predicted molar refractivity (Wildman–Crippen MR) is 107 cm³/mol. The van der Waals surface area contributed by atoms with Crippen LogP contribution in [-0.4, -0.2) is 40.7 Å². The van der Waals surface area contributed by atoms with E-state index in [0.717, 1.165) is 18.4 Å². The lowest BCUT2D eigenvalue weighted by molar-refractivity contribution is 0.278. The van der Waals surface area contributed by atoms with E-state index in [1.165, 1.54) is 4.52 Å². The molecule has 3 aromatic heterocycles. The highest BCUT2D eigenvalue weighted by atomic mass is 35.5. The number of nitrogens with zero attached hydrogens (tertiary/aromatic N) is 5. The van der Waals surface area contributed by atoms with Gasteiger partial charge >= 0.3 is 11.7 Å². The number of aromatic nitrogens is 6. The first-order valence-electron chi connectivity index (χ1n) is 9.25. The Morgan fingerprint density at radius 1 is 1.33 bits per heavy atom. The summed E-state index contributed by atoms with van der Waals surface area (Å²) in [5.74, 6) is -0.270. The first kappa shape index (κ1) is 18.4. The molecule has 10 nitrogen and oxygen atoms in total. The summed E-state index contributed by atoms with van der Waals surface area (Å²) >= 11 is 6.03. The molecule has 1 saturated carbocycles. The number of hydrogen-bond acceptors (Lipinski definition) is 7. The molecule has 0 amide bonds. The lowest BCUT2D eigenvalue weighted by atomic mass is 10.2. The van der Waals surface area contributed by atoms with Crippen molar-refractivity contribution >= 4 is 23.3 Å². The van der Waals surface area contributed by atoms with Gasteiger partial charge in [-0.3, -0.25) is 4.98 Å². The number of benzene rings is 1. The maximum absolute atomic E-state index is 11.4. The average Bonchev–Trinajstić information content (AvgIpc) is 3.35. The molecule has 152 valence electrons. The van der Waals surface area contributed by atoms with E-state index in [1.54, 1.807) is 24.4 Å². The van der Waals surface area contributed by atoms with Crippen molar-refractivity contribution in [1.29, 1.82) is 0 Å². The number of fused-ring (bicyclic) bond motifs is 1. The van der Waals surface area contributed by atoms with Crippen LogP contribution in [0.4, 0.5) is 0 Å². The van der Waals surface area contributed by atoms with Crippen LogP contribution in [0.3, 0.4) is 0 Å². The number of rotatable bonds is 5. The van der Waals surface area contributed by atoms with E-state index in [4.69, 9.17) is 16.3 Å². The Morgan fingerprint density at radius 3 is 2.93 bits per heavy atom. The number of H-pyrrole nitrogens is 2. The van der Waals surface area contributed by atoms with Crippen LogP contribution in [-0.2, 0) is 6.61 Å². The Morgan fingerprint density at radius 2 is 2.20 bits per heavy atom. The van der Waals surface area contributed by atoms with Crippen LogP contribution in [0.15, 0.2) is 40.2 Å². The molecule has 1 fully saturated rings. The molecule has 0 aliphatic heterocycles. The van der Waals surface area contributed by atoms with Crippen molar-refractivity contribution < 1.29 is 9.84 Å². The van der Waals surface area contributed by atoms with Gasteiger partial charge in [-0.2, -0.15) is 19.6 Å². The van der Waals surface area contributed by atoms with Crippen molar-refractivity contribution in [1.82, 2.24) is 29.5 Å². The third-order valence-electron chi connectivity index (χ3n) is 4.49. The molecule has 5 rings (SSSR count). The van der Waals surface area contributed by atoms with Gasteiger partial charge < -0.3 is 14.8 Å². The summed E-state index contributed by atoms with van der Waals surface area (Å²) in [7, 11) is 0. The average molecular weight is 426 g/mol. The lowest BCUT2D eigenvalue weighted by Gasteiger charge is -2.05. The van der Waals surface area contributed by atoms with Crippen LogP contribution in [0.2, 0.25) is 5.02 Å². The summed E-state index contributed by atoms with van der Waals surface area (Å²) < 4.78 is 7.30. The van der Waals surface area contributed by atoms with Crippen LogP contribution in [0.5, 0.6) is 11.9 Å². The second-order valence-corrected chi connectivity index (χ2v) is 7.34. The lowest BCUT2D eigenvalue weighted by Crippen LogP contribution is -2.23. The summed E-state index contributed by atoms with van der Waals surface area (Å²) in [5, 5.41) is 15.3. The first-order chi connectivity index (χ1) is 14.5. The van der Waals surface area contributed by atoms with E-state index in [1.807, 2.05) is 12.1 Å². The van der Waals surface area contributed by atoms with Gasteiger partial charge in [0.05, 0.1) is 12.2 Å². The molecule has 4 aromatic rings. The molecular weight excluding hydrogens is 410 g/mol. The van der Waals surface area contributed by atoms with Gasteiger partial charge in [0, 0.05) is 10.2 Å². The summed E-state index contributed by atoms with van der Waals surface area (Å²) in [6.45, 7) is 0.235. The Bertz CT molecular complexity index is 1420. The topological polar surface area (TPSA) is 134 Å². The minimum absolute atomic E-state index is 0.142. The van der Waals surface area contributed by atoms with Crippen molar-refractivity contribution in [3.63, 3.8) is 0 Å². The second-order valence-electron chi connectivity index (χ2n) is 6.91. The second kappa shape index (κ2) is 7.30. The Labute approximate surface area is 173 Å². The van der Waals surface area contributed by atoms with Crippen LogP contribution >= 0.6 is 11.6 Å². The van der Waals surface area contributed by atoms with Crippen LogP contribution in [0, 0.1) is 0 Å². The highest BCUT2D eigenvalue weighted by Crippen LogP contribution is 2.22. The Kier molecular flexibility index (Phi) is 4.47. The van der Waals surface area contributed by atoms with Gasteiger partial charge in [0.2, 0.25) is 5.88 Å². The molecule has 0 unspecified atom stereocenters. The maximum atomic E-state index is 11.4. The van der Waals surface area contributed by atoms with Crippen molar-refractivity contribution in [2.24, 2.45) is 4.99 Å². The van der Waals surface area contributed by atoms with E-state index in [9.17, 15) is 9.90 Å². The largest absolute Gasteiger partial charge is 0.493 e. The summed E-state index contributed by atoms with van der Waals surface area (Å²) in [4.78, 5) is 29.6. The number of hydrogen-bond donors (Lipinski definition) is 3. The minimum Gasteiger partial charge on any atom is -0.493 e. The Balaban J connectivity index is 1.59. The monoisotopic (exact) mass is 425 g/mol. The van der Waals surface area contributed by atoms with Gasteiger partial charge in [-0.15, -0.1) is 0 Å². The molecule has 0 spiro atoms. The number of imidazole rings is 1. The van der Waals surface area contributed by atoms with Gasteiger partial charge in [0.1, 0.15) is 12.3 Å². The van der Waals surface area contributed by atoms with Gasteiger partial charge in [0.25, 0.3) is 5.62 Å². The molecule has 1 aliphatic carbocycles. The molecule has 1 aromatic carbocycles. The molecule has 0 radical (unpaired) electrons. The number of aromatic hydroxyl groups is 1. The van der Waals surface area contributed by atoms with E-state index in [-0.39, 0.29) is 30.2 Å². The van der Waals surface area contributed by atoms with Crippen molar-refractivity contribution in [2.75, 3.05) is 0 Å². The predicted octanol–water partition coefficient (Wildman–Crippen LogP) is 0.689. The molecular formula is C19H16ClN7O3. The molecule has 30 heavy (non-hydrogen) atoms. The fourth-order valence-corrected chi connectivity index (χ4v) is 3.11. The fourth-order valence-electron chi connectivity index (χ4n) is 2.90. The van der Waals surface area contributed by atoms with E-state index in [2.05, 4.69) is 30.0 Å². The smallest absolute Gasteiger partial charge is 0.326 e. The zero-order valence-electron chi connectivity index (χ0n) is 15.5. The first-order valence-corrected chi connectivity index (χ1v) is 9.63. The normalized spacial score (nSPS) is 15.2. The third kappa shape index (κ3) is 3.77. The molecule has 0 bridgehead atoms. The SMILES string of the molecule is O=c1[nH]c(O)c(C=c2cnn3c(=NC4CC4)nc(OCc4cccc(Cl)c4)nc23)[nH]1. The molecule has 0 saturated heterocycles. The molecule has 11 heteroatoms. The fraction of sp³-hybridized carbons (Fsp3) is 0.211.